The van der Waals surface area contributed by atoms with E-state index in [4.69, 9.17) is 4.74 Å². The second-order valence-electron chi connectivity index (χ2n) is 15.6. The molecule has 8 rings (SSSR count). The van der Waals surface area contributed by atoms with Gasteiger partial charge in [-0.3, -0.25) is 49.1 Å². The first-order valence-electron chi connectivity index (χ1n) is 19.0. The average Bonchev–Trinajstić information content (AvgIpc) is 3.62. The molecule has 17 nitrogen and oxygen atoms in total. The van der Waals surface area contributed by atoms with Gasteiger partial charge >= 0.3 is 6.09 Å². The van der Waals surface area contributed by atoms with Crippen molar-refractivity contribution < 1.29 is 80.2 Å². The molecule has 0 saturated carbocycles. The van der Waals surface area contributed by atoms with Crippen molar-refractivity contribution in [2.75, 3.05) is 62.2 Å². The molecule has 2 atom stereocenters. The van der Waals surface area contributed by atoms with Gasteiger partial charge in [0.25, 0.3) is 17.7 Å². The summed E-state index contributed by atoms with van der Waals surface area (Å²) in [4.78, 5) is 106. The second kappa shape index (κ2) is 18.1. The summed E-state index contributed by atoms with van der Waals surface area (Å²) in [5.74, 6) is -2.85. The Bertz CT molecular complexity index is 2010. The molecule has 4 fully saturated rings. The Morgan fingerprint density at radius 2 is 1.19 bits per heavy atom. The first-order valence-corrected chi connectivity index (χ1v) is 19.0. The molecule has 6 aliphatic heterocycles. The van der Waals surface area contributed by atoms with Crippen molar-refractivity contribution in [2.24, 2.45) is 0 Å². The van der Waals surface area contributed by atoms with Crippen LogP contribution in [0.4, 0.5) is 16.2 Å². The minimum atomic E-state index is -0.985. The molecule has 0 aromatic heterocycles. The molecular weight excluding hydrogens is 826 g/mol. The summed E-state index contributed by atoms with van der Waals surface area (Å²) < 4.78 is 5.42. The number of hydrogen-bond acceptors (Lipinski definition) is 12. The number of nitrogens with one attached hydrogen (secondary N) is 3. The van der Waals surface area contributed by atoms with Gasteiger partial charge in [-0.15, -0.1) is 0 Å². The Labute approximate surface area is 359 Å². The Hall–Kier alpha value is -4.67. The fourth-order valence-electron chi connectivity index (χ4n) is 7.81. The van der Waals surface area contributed by atoms with Crippen molar-refractivity contribution in [3.8, 4) is 0 Å². The molecule has 6 aliphatic rings. The molecule has 2 aromatic rings. The maximum Gasteiger partial charge on any atom is 0.410 e. The van der Waals surface area contributed by atoms with Gasteiger partial charge in [-0.1, -0.05) is 0 Å². The van der Waals surface area contributed by atoms with Gasteiger partial charge in [0.05, 0.1) is 11.1 Å². The van der Waals surface area contributed by atoms with E-state index < -0.39 is 41.3 Å². The van der Waals surface area contributed by atoms with Crippen LogP contribution in [-0.2, 0) is 67.6 Å². The third-order valence-electron chi connectivity index (χ3n) is 10.7. The van der Waals surface area contributed by atoms with Gasteiger partial charge in [-0.05, 0) is 75.6 Å². The summed E-state index contributed by atoms with van der Waals surface area (Å²) >= 11 is 0. The first kappa shape index (κ1) is 44.4. The van der Waals surface area contributed by atoms with Gasteiger partial charge < -0.3 is 29.7 Å². The van der Waals surface area contributed by atoms with Crippen LogP contribution in [0, 0.1) is 0 Å². The van der Waals surface area contributed by atoms with Gasteiger partial charge in [0.2, 0.25) is 23.6 Å². The monoisotopic (exact) mass is 872 g/mol. The number of piperazine rings is 2. The van der Waals surface area contributed by atoms with Crippen molar-refractivity contribution in [3.05, 3.63) is 58.7 Å². The number of imide groups is 3. The average molecular weight is 873 g/mol. The van der Waals surface area contributed by atoms with Crippen molar-refractivity contribution in [1.82, 2.24) is 30.7 Å². The van der Waals surface area contributed by atoms with Gasteiger partial charge in [0, 0.05) is 126 Å². The minimum Gasteiger partial charge on any atom is -0.444 e. The number of amides is 8. The molecule has 3 N–H and O–H groups in total. The molecule has 2 aromatic carbocycles. The molecule has 2 unspecified atom stereocenters. The van der Waals surface area contributed by atoms with E-state index in [0.717, 1.165) is 48.0 Å². The van der Waals surface area contributed by atoms with E-state index >= 15 is 0 Å². The number of nitrogens with zero attached hydrogens (tertiary/aromatic N) is 5. The maximum absolute atomic E-state index is 13.0. The molecule has 58 heavy (non-hydrogen) atoms. The van der Waals surface area contributed by atoms with Crippen LogP contribution >= 0.6 is 0 Å². The van der Waals surface area contributed by atoms with Crippen molar-refractivity contribution in [2.45, 2.75) is 70.7 Å². The number of carbonyl (C=O) groups is 8. The van der Waals surface area contributed by atoms with E-state index in [1.165, 1.54) is 0 Å². The predicted octanol–water partition coefficient (Wildman–Crippen LogP) is 0.997. The molecule has 0 bridgehead atoms. The Kier molecular flexibility index (Phi) is 13.8. The van der Waals surface area contributed by atoms with Gasteiger partial charge in [-0.25, -0.2) is 4.79 Å². The summed E-state index contributed by atoms with van der Waals surface area (Å²) in [5, 5.41) is 7.85. The molecule has 306 valence electrons. The van der Waals surface area contributed by atoms with Gasteiger partial charge in [-0.2, -0.15) is 0 Å². The summed E-state index contributed by atoms with van der Waals surface area (Å²) in [6.45, 7) is 11.8. The Morgan fingerprint density at radius 3 is 1.78 bits per heavy atom. The number of benzene rings is 2. The smallest absolute Gasteiger partial charge is 0.410 e. The fraction of sp³-hybridized carbons (Fsp3) is 0.487. The van der Waals surface area contributed by atoms with E-state index in [2.05, 4.69) is 26.9 Å². The zero-order valence-electron chi connectivity index (χ0n) is 32.6. The number of carbonyl (C=O) groups excluding carboxylic acids is 8. The molecule has 6 heterocycles. The third kappa shape index (κ3) is 9.29. The summed E-state index contributed by atoms with van der Waals surface area (Å²) in [6.07, 6.45) is 0.524. The van der Waals surface area contributed by atoms with Crippen LogP contribution in [0.25, 0.3) is 0 Å². The zero-order valence-corrected chi connectivity index (χ0v) is 35.4. The zero-order chi connectivity index (χ0) is 39.9. The number of rotatable bonds is 4. The van der Waals surface area contributed by atoms with E-state index in [9.17, 15) is 38.4 Å². The van der Waals surface area contributed by atoms with Gasteiger partial charge in [0.1, 0.15) is 17.7 Å². The summed E-state index contributed by atoms with van der Waals surface area (Å²) in [5.41, 5.74) is 3.43. The summed E-state index contributed by atoms with van der Waals surface area (Å²) in [7, 11) is 0. The van der Waals surface area contributed by atoms with Crippen molar-refractivity contribution in [3.63, 3.8) is 0 Å². The van der Waals surface area contributed by atoms with E-state index in [1.807, 2.05) is 37.8 Å². The van der Waals surface area contributed by atoms with Crippen LogP contribution in [0.15, 0.2) is 36.4 Å². The van der Waals surface area contributed by atoms with Crippen molar-refractivity contribution in [1.29, 1.82) is 0 Å². The van der Waals surface area contributed by atoms with Crippen molar-refractivity contribution >= 4 is 58.8 Å². The van der Waals surface area contributed by atoms with Crippen LogP contribution in [0.5, 0.6) is 0 Å². The van der Waals surface area contributed by atoms with E-state index in [1.54, 1.807) is 28.0 Å². The van der Waals surface area contributed by atoms with E-state index in [-0.39, 0.29) is 91.3 Å². The van der Waals surface area contributed by atoms with Crippen LogP contribution in [-0.4, -0.2) is 132 Å². The molecule has 19 heteroatoms. The first-order chi connectivity index (χ1) is 26.7. The third-order valence-corrected chi connectivity index (χ3v) is 10.7. The molecular formula is C39H46N8O9V2. The van der Waals surface area contributed by atoms with Crippen LogP contribution in [0.1, 0.15) is 83.1 Å². The van der Waals surface area contributed by atoms with Gasteiger partial charge in [0.15, 0.2) is 0 Å². The Balaban J connectivity index is 0.000000221. The second-order valence-corrected chi connectivity index (χ2v) is 15.6. The molecule has 4 saturated heterocycles. The predicted molar refractivity (Wildman–Crippen MR) is 201 cm³/mol. The number of hydrogen-bond donors (Lipinski definition) is 3. The normalized spacial score (nSPS) is 21.9. The number of ether oxygens (including phenoxy) is 1. The number of fused-ring (bicyclic) bond motifs is 2. The topological polar surface area (TPSA) is 198 Å². The molecule has 2 radical (unpaired) electrons. The Morgan fingerprint density at radius 1 is 0.655 bits per heavy atom. The minimum absolute atomic E-state index is 0. The molecule has 8 amide bonds. The quantitative estimate of drug-likeness (QED) is 0.370. The summed E-state index contributed by atoms with van der Waals surface area (Å²) in [6, 6.07) is 9.38. The van der Waals surface area contributed by atoms with Crippen LogP contribution in [0.2, 0.25) is 0 Å². The number of anilines is 2. The molecule has 0 spiro atoms. The molecule has 0 aliphatic carbocycles. The van der Waals surface area contributed by atoms with Crippen LogP contribution in [0.3, 0.4) is 0 Å². The largest absolute Gasteiger partial charge is 0.444 e. The van der Waals surface area contributed by atoms with Crippen LogP contribution < -0.4 is 25.8 Å². The SMILES string of the molecule is CC(C)(C)OC(=O)N1CCN(c2ccc3c(c2)C(=O)N(C2CCC(=O)NC2=O)C3=O)CC1.O=C1CCC(N2Cc3cc(N4CCNCC4)ccc3C2=O)C(=O)N1.[V].[V]. The van der Waals surface area contributed by atoms with E-state index in [0.29, 0.717) is 44.7 Å². The maximum atomic E-state index is 13.0. The number of piperidine rings is 2. The standard InChI is InChI=1S/C22H26N4O6.C17H20N4O3.2V/c1-22(2,3)32-21(31)25-10-8-24(9-11-25)13-4-5-14-15(12-13)20(30)26(19(14)29)16-6-7-17(27)23-18(16)28;22-15-4-3-14(16(23)19-15)21-10-11-9-12(1-2-13(11)17(21)24)20-7-5-18-6-8-20;;/h4-5,12,16H,6-11H2,1-3H3,(H,23,27,28);1-2,9,14,18H,3-8,10H2,(H,19,22,23);;. The fourth-order valence-corrected chi connectivity index (χ4v) is 7.81.